The Morgan fingerprint density at radius 1 is 1.48 bits per heavy atom. The Morgan fingerprint density at radius 3 is 2.91 bits per heavy atom. The molecule has 3 fully saturated rings. The normalized spacial score (nSPS) is 32.8. The molecule has 0 aromatic carbocycles. The van der Waals surface area contributed by atoms with E-state index < -0.39 is 5.72 Å². The number of aryl methyl sites for hydroxylation is 1. The van der Waals surface area contributed by atoms with E-state index in [1.807, 2.05) is 11.9 Å². The topological polar surface area (TPSA) is 67.7 Å². The molecular formula is C16H22N4O3. The van der Waals surface area contributed by atoms with Crippen molar-refractivity contribution in [2.24, 2.45) is 13.0 Å². The molecule has 4 rings (SSSR count). The van der Waals surface area contributed by atoms with Crippen LogP contribution in [-0.4, -0.2) is 62.1 Å². The number of rotatable bonds is 2. The molecule has 2 amide bonds. The van der Waals surface area contributed by atoms with E-state index in [4.69, 9.17) is 4.74 Å². The molecule has 3 aliphatic heterocycles. The van der Waals surface area contributed by atoms with E-state index in [0.29, 0.717) is 37.6 Å². The largest absolute Gasteiger partial charge is 0.351 e. The van der Waals surface area contributed by atoms with Gasteiger partial charge in [-0.25, -0.2) is 4.98 Å². The van der Waals surface area contributed by atoms with Gasteiger partial charge in [0.2, 0.25) is 5.91 Å². The lowest BCUT2D eigenvalue weighted by molar-refractivity contribution is -0.139. The Balaban J connectivity index is 1.64. The highest BCUT2D eigenvalue weighted by Crippen LogP contribution is 2.49. The van der Waals surface area contributed by atoms with Gasteiger partial charge in [-0.15, -0.1) is 0 Å². The van der Waals surface area contributed by atoms with Crippen LogP contribution in [0.1, 0.15) is 37.2 Å². The van der Waals surface area contributed by atoms with Crippen molar-refractivity contribution in [3.8, 4) is 0 Å². The van der Waals surface area contributed by atoms with E-state index in [9.17, 15) is 9.59 Å². The summed E-state index contributed by atoms with van der Waals surface area (Å²) in [6.07, 6.45) is 4.37. The Morgan fingerprint density at radius 2 is 2.26 bits per heavy atom. The van der Waals surface area contributed by atoms with Crippen molar-refractivity contribution >= 4 is 11.8 Å². The van der Waals surface area contributed by atoms with Crippen molar-refractivity contribution in [3.63, 3.8) is 0 Å². The summed E-state index contributed by atoms with van der Waals surface area (Å²) in [7, 11) is 1.84. The van der Waals surface area contributed by atoms with Crippen LogP contribution in [0.4, 0.5) is 0 Å². The third-order valence-electron chi connectivity index (χ3n) is 5.44. The van der Waals surface area contributed by atoms with Gasteiger partial charge in [-0.05, 0) is 5.92 Å². The summed E-state index contributed by atoms with van der Waals surface area (Å²) in [6, 6.07) is -0.0920. The number of carbonyl (C=O) groups is 2. The van der Waals surface area contributed by atoms with E-state index in [-0.39, 0.29) is 23.9 Å². The number of nitrogens with zero attached hydrogens (tertiary/aromatic N) is 4. The third kappa shape index (κ3) is 1.89. The van der Waals surface area contributed by atoms with E-state index in [1.165, 1.54) is 0 Å². The Hall–Kier alpha value is -1.89. The summed E-state index contributed by atoms with van der Waals surface area (Å²) < 4.78 is 7.90. The lowest BCUT2D eigenvalue weighted by Gasteiger charge is -2.34. The second-order valence-electron chi connectivity index (χ2n) is 7.12. The first-order chi connectivity index (χ1) is 10.9. The molecule has 7 nitrogen and oxygen atoms in total. The van der Waals surface area contributed by atoms with Crippen LogP contribution in [-0.2, 0) is 16.6 Å². The van der Waals surface area contributed by atoms with Gasteiger partial charge in [0.15, 0.2) is 5.72 Å². The molecule has 4 heterocycles. The van der Waals surface area contributed by atoms with E-state index in [1.54, 1.807) is 22.0 Å². The first-order valence-electron chi connectivity index (χ1n) is 8.19. The first-order valence-corrected chi connectivity index (χ1v) is 8.19. The highest BCUT2D eigenvalue weighted by Gasteiger charge is 2.65. The van der Waals surface area contributed by atoms with Crippen molar-refractivity contribution < 1.29 is 14.3 Å². The van der Waals surface area contributed by atoms with Crippen LogP contribution >= 0.6 is 0 Å². The highest BCUT2D eigenvalue weighted by molar-refractivity contribution is 5.94. The SMILES string of the molecule is CC(C)[C@@H]1CO[C@@]23CCN(C(=O)c4cn(C)cn4)[C@@H]2CC(=O)N13. The number of hydrogen-bond acceptors (Lipinski definition) is 4. The zero-order valence-electron chi connectivity index (χ0n) is 13.7. The Kier molecular flexibility index (Phi) is 3.07. The quantitative estimate of drug-likeness (QED) is 0.801. The zero-order valence-corrected chi connectivity index (χ0v) is 13.7. The van der Waals surface area contributed by atoms with Crippen molar-refractivity contribution in [1.29, 1.82) is 0 Å². The molecule has 7 heteroatoms. The molecule has 0 bridgehead atoms. The van der Waals surface area contributed by atoms with Gasteiger partial charge in [-0.1, -0.05) is 13.8 Å². The minimum absolute atomic E-state index is 0.102. The third-order valence-corrected chi connectivity index (χ3v) is 5.44. The maximum absolute atomic E-state index is 12.8. The molecule has 1 aromatic rings. The molecule has 0 N–H and O–H groups in total. The lowest BCUT2D eigenvalue weighted by atomic mass is 10.0. The molecular weight excluding hydrogens is 296 g/mol. The molecule has 3 saturated heterocycles. The van der Waals surface area contributed by atoms with E-state index in [2.05, 4.69) is 18.8 Å². The molecule has 0 radical (unpaired) electrons. The van der Waals surface area contributed by atoms with Crippen LogP contribution < -0.4 is 0 Å². The first kappa shape index (κ1) is 14.7. The number of hydrogen-bond donors (Lipinski definition) is 0. The van der Waals surface area contributed by atoms with Crippen LogP contribution in [0.3, 0.4) is 0 Å². The average Bonchev–Trinajstić information content (AvgIpc) is 3.21. The number of carbonyl (C=O) groups excluding carboxylic acids is 2. The molecule has 3 aliphatic rings. The second-order valence-corrected chi connectivity index (χ2v) is 7.12. The molecule has 124 valence electrons. The van der Waals surface area contributed by atoms with Crippen molar-refractivity contribution in [3.05, 3.63) is 18.2 Å². The van der Waals surface area contributed by atoms with Gasteiger partial charge in [0.25, 0.3) is 5.91 Å². The fourth-order valence-corrected chi connectivity index (χ4v) is 4.28. The van der Waals surface area contributed by atoms with E-state index >= 15 is 0 Å². The fraction of sp³-hybridized carbons (Fsp3) is 0.688. The molecule has 1 spiro atoms. The van der Waals surface area contributed by atoms with Gasteiger partial charge >= 0.3 is 0 Å². The number of imidazole rings is 1. The molecule has 0 aliphatic carbocycles. The summed E-state index contributed by atoms with van der Waals surface area (Å²) in [5, 5.41) is 0. The number of ether oxygens (including phenoxy) is 1. The van der Waals surface area contributed by atoms with Crippen molar-refractivity contribution in [2.45, 2.75) is 44.5 Å². The molecule has 3 atom stereocenters. The Bertz CT molecular complexity index is 670. The van der Waals surface area contributed by atoms with Crippen LogP contribution in [0.15, 0.2) is 12.5 Å². The summed E-state index contributed by atoms with van der Waals surface area (Å²) in [5.74, 6) is 0.334. The molecule has 23 heavy (non-hydrogen) atoms. The summed E-state index contributed by atoms with van der Waals surface area (Å²) >= 11 is 0. The van der Waals surface area contributed by atoms with Crippen molar-refractivity contribution in [2.75, 3.05) is 13.2 Å². The summed E-state index contributed by atoms with van der Waals surface area (Å²) in [5.41, 5.74) is -0.190. The van der Waals surface area contributed by atoms with Gasteiger partial charge in [0.05, 0.1) is 31.4 Å². The van der Waals surface area contributed by atoms with E-state index in [0.717, 1.165) is 0 Å². The summed E-state index contributed by atoms with van der Waals surface area (Å²) in [4.78, 5) is 33.2. The fourth-order valence-electron chi connectivity index (χ4n) is 4.28. The van der Waals surface area contributed by atoms with Crippen LogP contribution in [0.25, 0.3) is 0 Å². The van der Waals surface area contributed by atoms with Crippen molar-refractivity contribution in [1.82, 2.24) is 19.4 Å². The minimum atomic E-state index is -0.615. The highest BCUT2D eigenvalue weighted by atomic mass is 16.5. The van der Waals surface area contributed by atoms with Gasteiger partial charge in [-0.3, -0.25) is 9.59 Å². The minimum Gasteiger partial charge on any atom is -0.351 e. The monoisotopic (exact) mass is 318 g/mol. The Labute approximate surface area is 135 Å². The van der Waals surface area contributed by atoms with Gasteiger partial charge in [0.1, 0.15) is 5.69 Å². The maximum atomic E-state index is 12.8. The lowest BCUT2D eigenvalue weighted by Crippen LogP contribution is -2.51. The predicted molar refractivity (Wildman–Crippen MR) is 81.4 cm³/mol. The molecule has 1 aromatic heterocycles. The van der Waals surface area contributed by atoms with Crippen LogP contribution in [0, 0.1) is 5.92 Å². The standard InChI is InChI=1S/C16H22N4O3/c1-10(2)12-8-23-16-4-5-19(13(16)6-14(21)20(12)16)15(22)11-7-18(3)9-17-11/h7,9-10,12-13H,4-6,8H2,1-3H3/t12-,13+,16-/m0/s1. The van der Waals surface area contributed by atoms with Crippen LogP contribution in [0.5, 0.6) is 0 Å². The molecule has 0 saturated carbocycles. The van der Waals surface area contributed by atoms with Crippen LogP contribution in [0.2, 0.25) is 0 Å². The molecule has 0 unspecified atom stereocenters. The van der Waals surface area contributed by atoms with Gasteiger partial charge < -0.3 is 19.1 Å². The number of likely N-dealkylation sites (tertiary alicyclic amines) is 1. The van der Waals surface area contributed by atoms with Gasteiger partial charge in [-0.2, -0.15) is 0 Å². The maximum Gasteiger partial charge on any atom is 0.274 e. The average molecular weight is 318 g/mol. The number of aromatic nitrogens is 2. The zero-order chi connectivity index (χ0) is 16.4. The number of amides is 2. The summed E-state index contributed by atoms with van der Waals surface area (Å²) in [6.45, 7) is 5.39. The smallest absolute Gasteiger partial charge is 0.274 e. The second kappa shape index (κ2) is 4.80. The predicted octanol–water partition coefficient (Wildman–Crippen LogP) is 0.618. The van der Waals surface area contributed by atoms with Gasteiger partial charge in [0, 0.05) is 26.2 Å².